The van der Waals surface area contributed by atoms with E-state index in [1.165, 1.54) is 21.6 Å². The molecule has 2 atom stereocenters. The van der Waals surface area contributed by atoms with E-state index in [1.807, 2.05) is 24.3 Å². The predicted molar refractivity (Wildman–Crippen MR) is 181 cm³/mol. The number of para-hydroxylation sites is 1. The van der Waals surface area contributed by atoms with E-state index in [0.29, 0.717) is 35.5 Å². The van der Waals surface area contributed by atoms with Gasteiger partial charge in [0.05, 0.1) is 29.5 Å². The van der Waals surface area contributed by atoms with E-state index >= 15 is 0 Å². The molecule has 2 heterocycles. The molecule has 254 valence electrons. The SMILES string of the molecule is CCOC(=O)[C@H](CCCCCCCCCN1C(=O)c2ccccc2C1=O)N[C@H]1CSc2ccccc2N(CC(=O)OC(C)(C)C)C1=O. The zero-order chi connectivity index (χ0) is 34.0. The maximum absolute atomic E-state index is 13.9. The van der Waals surface area contributed by atoms with Crippen molar-refractivity contribution in [3.8, 4) is 0 Å². The van der Waals surface area contributed by atoms with E-state index in [9.17, 15) is 24.0 Å². The van der Waals surface area contributed by atoms with Crippen molar-refractivity contribution in [2.75, 3.05) is 30.3 Å². The van der Waals surface area contributed by atoms with Crippen LogP contribution in [0, 0.1) is 0 Å². The standard InChI is InChI=1S/C36H47N3O7S/c1-5-45-35(44)27(19-11-9-7-6-8-10-16-22-38-32(41)25-17-12-13-18-26(25)33(38)42)37-28-24-47-30-21-15-14-20-29(30)39(34(28)43)23-31(40)46-36(2,3)4/h12-15,17-18,20-21,27-28,37H,5-11,16,19,22-24H2,1-4H3/t27-,28-/m0/s1. The molecule has 11 heteroatoms. The third-order valence-corrected chi connectivity index (χ3v) is 9.22. The number of rotatable bonds is 16. The molecule has 0 bridgehead atoms. The monoisotopic (exact) mass is 665 g/mol. The minimum absolute atomic E-state index is 0.209. The number of unbranched alkanes of at least 4 members (excludes halogenated alkanes) is 6. The minimum Gasteiger partial charge on any atom is -0.465 e. The summed E-state index contributed by atoms with van der Waals surface area (Å²) in [6, 6.07) is 13.1. The average molecular weight is 666 g/mol. The number of amides is 3. The van der Waals surface area contributed by atoms with Crippen LogP contribution < -0.4 is 10.2 Å². The number of anilines is 1. The molecule has 0 saturated carbocycles. The van der Waals surface area contributed by atoms with Crippen LogP contribution in [0.1, 0.15) is 99.8 Å². The molecular formula is C36H47N3O7S. The first-order chi connectivity index (χ1) is 22.5. The molecule has 2 aromatic carbocycles. The number of thioether (sulfide) groups is 1. The van der Waals surface area contributed by atoms with Gasteiger partial charge in [0.1, 0.15) is 18.2 Å². The lowest BCUT2D eigenvalue weighted by molar-refractivity contribution is -0.154. The number of fused-ring (bicyclic) bond motifs is 2. The van der Waals surface area contributed by atoms with Crippen LogP contribution in [0.2, 0.25) is 0 Å². The molecule has 2 aliphatic rings. The second kappa shape index (κ2) is 16.9. The number of nitrogens with one attached hydrogen (secondary N) is 1. The molecule has 10 nitrogen and oxygen atoms in total. The molecule has 47 heavy (non-hydrogen) atoms. The van der Waals surface area contributed by atoms with Gasteiger partial charge in [0, 0.05) is 17.2 Å². The molecule has 0 unspecified atom stereocenters. The Hall–Kier alpha value is -3.70. The molecule has 0 aromatic heterocycles. The van der Waals surface area contributed by atoms with E-state index in [4.69, 9.17) is 9.47 Å². The maximum Gasteiger partial charge on any atom is 0.326 e. The van der Waals surface area contributed by atoms with Crippen molar-refractivity contribution >= 4 is 47.1 Å². The lowest BCUT2D eigenvalue weighted by Crippen LogP contribution is -2.54. The lowest BCUT2D eigenvalue weighted by Gasteiger charge is -2.28. The number of nitrogens with zero attached hydrogens (tertiary/aromatic N) is 2. The number of benzene rings is 2. The number of carbonyl (C=O) groups excluding carboxylic acids is 5. The molecule has 0 saturated heterocycles. The molecule has 0 aliphatic carbocycles. The Morgan fingerprint density at radius 1 is 0.872 bits per heavy atom. The summed E-state index contributed by atoms with van der Waals surface area (Å²) in [5.41, 5.74) is 0.931. The van der Waals surface area contributed by atoms with Crippen LogP contribution in [0.3, 0.4) is 0 Å². The van der Waals surface area contributed by atoms with Crippen LogP contribution in [-0.2, 0) is 23.9 Å². The van der Waals surface area contributed by atoms with E-state index in [0.717, 1.165) is 49.8 Å². The summed E-state index contributed by atoms with van der Waals surface area (Å²) >= 11 is 1.51. The van der Waals surface area contributed by atoms with Gasteiger partial charge in [0.2, 0.25) is 5.91 Å². The fourth-order valence-corrected chi connectivity index (χ4v) is 6.92. The number of imide groups is 1. The van der Waals surface area contributed by atoms with Gasteiger partial charge in [-0.3, -0.25) is 39.1 Å². The van der Waals surface area contributed by atoms with Gasteiger partial charge in [-0.2, -0.15) is 0 Å². The van der Waals surface area contributed by atoms with E-state index in [2.05, 4.69) is 5.32 Å². The highest BCUT2D eigenvalue weighted by atomic mass is 32.2. The normalized spacial score (nSPS) is 16.9. The number of hydrogen-bond donors (Lipinski definition) is 1. The Balaban J connectivity index is 1.24. The van der Waals surface area contributed by atoms with E-state index in [-0.39, 0.29) is 36.8 Å². The average Bonchev–Trinajstić information content (AvgIpc) is 3.19. The van der Waals surface area contributed by atoms with Crippen LogP contribution in [0.25, 0.3) is 0 Å². The first-order valence-corrected chi connectivity index (χ1v) is 17.6. The van der Waals surface area contributed by atoms with Crippen LogP contribution in [-0.4, -0.2) is 77.7 Å². The molecule has 0 radical (unpaired) electrons. The van der Waals surface area contributed by atoms with E-state index in [1.54, 1.807) is 52.0 Å². The molecule has 1 N–H and O–H groups in total. The van der Waals surface area contributed by atoms with Crippen LogP contribution >= 0.6 is 11.8 Å². The zero-order valence-corrected chi connectivity index (χ0v) is 28.7. The first-order valence-electron chi connectivity index (χ1n) is 16.6. The van der Waals surface area contributed by atoms with Crippen molar-refractivity contribution in [3.05, 3.63) is 59.7 Å². The van der Waals surface area contributed by atoms with Gasteiger partial charge in [-0.1, -0.05) is 62.8 Å². The fraction of sp³-hybridized carbons (Fsp3) is 0.528. The maximum atomic E-state index is 13.9. The van der Waals surface area contributed by atoms with Gasteiger partial charge in [0.25, 0.3) is 11.8 Å². The van der Waals surface area contributed by atoms with Crippen molar-refractivity contribution in [2.45, 2.75) is 102 Å². The van der Waals surface area contributed by atoms with Crippen molar-refractivity contribution < 1.29 is 33.4 Å². The quantitative estimate of drug-likeness (QED) is 0.135. The summed E-state index contributed by atoms with van der Waals surface area (Å²) in [5.74, 6) is -1.20. The Bertz CT molecular complexity index is 1400. The first kappa shape index (κ1) is 36.1. The molecule has 0 fully saturated rings. The Morgan fingerprint density at radius 2 is 1.47 bits per heavy atom. The fourth-order valence-electron chi connectivity index (χ4n) is 5.84. The van der Waals surface area contributed by atoms with Gasteiger partial charge in [-0.15, -0.1) is 11.8 Å². The van der Waals surface area contributed by atoms with Crippen molar-refractivity contribution in [2.24, 2.45) is 0 Å². The number of hydrogen-bond acceptors (Lipinski definition) is 9. The summed E-state index contributed by atoms with van der Waals surface area (Å²) in [6.07, 6.45) is 6.89. The van der Waals surface area contributed by atoms with Crippen LogP contribution in [0.5, 0.6) is 0 Å². The smallest absolute Gasteiger partial charge is 0.326 e. The number of esters is 2. The van der Waals surface area contributed by atoms with Crippen molar-refractivity contribution in [3.63, 3.8) is 0 Å². The summed E-state index contributed by atoms with van der Waals surface area (Å²) in [4.78, 5) is 68.4. The Morgan fingerprint density at radius 3 is 2.11 bits per heavy atom. The summed E-state index contributed by atoms with van der Waals surface area (Å²) < 4.78 is 10.9. The largest absolute Gasteiger partial charge is 0.465 e. The lowest BCUT2D eigenvalue weighted by atomic mass is 10.0. The molecule has 3 amide bonds. The zero-order valence-electron chi connectivity index (χ0n) is 27.9. The highest BCUT2D eigenvalue weighted by molar-refractivity contribution is 7.99. The van der Waals surface area contributed by atoms with Gasteiger partial charge in [0.15, 0.2) is 0 Å². The van der Waals surface area contributed by atoms with Crippen molar-refractivity contribution in [1.82, 2.24) is 10.2 Å². The van der Waals surface area contributed by atoms with Gasteiger partial charge in [-0.25, -0.2) is 0 Å². The van der Waals surface area contributed by atoms with Gasteiger partial charge in [-0.05, 0) is 64.8 Å². The van der Waals surface area contributed by atoms with Crippen LogP contribution in [0.4, 0.5) is 5.69 Å². The highest BCUT2D eigenvalue weighted by Crippen LogP contribution is 2.34. The third kappa shape index (κ3) is 9.90. The molecular weight excluding hydrogens is 618 g/mol. The molecule has 2 aliphatic heterocycles. The number of carbonyl (C=O) groups is 5. The Kier molecular flexibility index (Phi) is 13.0. The Labute approximate surface area is 281 Å². The summed E-state index contributed by atoms with van der Waals surface area (Å²) in [5, 5.41) is 3.28. The molecule has 2 aromatic rings. The minimum atomic E-state index is -0.702. The molecule has 4 rings (SSSR count). The predicted octanol–water partition coefficient (Wildman–Crippen LogP) is 5.77. The van der Waals surface area contributed by atoms with E-state index < -0.39 is 23.7 Å². The summed E-state index contributed by atoms with van der Waals surface area (Å²) in [6.45, 7) is 7.56. The third-order valence-electron chi connectivity index (χ3n) is 8.06. The molecule has 0 spiro atoms. The van der Waals surface area contributed by atoms with Gasteiger partial charge >= 0.3 is 11.9 Å². The second-order valence-electron chi connectivity index (χ2n) is 12.9. The van der Waals surface area contributed by atoms with Gasteiger partial charge < -0.3 is 9.47 Å². The topological polar surface area (TPSA) is 122 Å². The summed E-state index contributed by atoms with van der Waals surface area (Å²) in [7, 11) is 0. The highest BCUT2D eigenvalue weighted by Gasteiger charge is 2.36. The second-order valence-corrected chi connectivity index (χ2v) is 13.9. The van der Waals surface area contributed by atoms with Crippen molar-refractivity contribution in [1.29, 1.82) is 0 Å². The number of ether oxygens (including phenoxy) is 2. The van der Waals surface area contributed by atoms with Crippen LogP contribution in [0.15, 0.2) is 53.4 Å².